The number of hydrogen-bond acceptors (Lipinski definition) is 10. The molecule has 0 saturated heterocycles. The van der Waals surface area contributed by atoms with Crippen molar-refractivity contribution in [3.05, 3.63) is 0 Å². The summed E-state index contributed by atoms with van der Waals surface area (Å²) >= 11 is 0. The molecule has 119 valence electrons. The van der Waals surface area contributed by atoms with Gasteiger partial charge in [0, 0.05) is 37.9 Å². The first-order chi connectivity index (χ1) is 9.23. The van der Waals surface area contributed by atoms with Crippen molar-refractivity contribution in [2.45, 2.75) is 24.9 Å². The van der Waals surface area contributed by atoms with Crippen molar-refractivity contribution >= 4 is 23.9 Å². The van der Waals surface area contributed by atoms with Crippen LogP contribution in [0.5, 0.6) is 0 Å². The second-order valence-corrected chi connectivity index (χ2v) is 3.80. The van der Waals surface area contributed by atoms with Crippen LogP contribution in [0.15, 0.2) is 0 Å². The summed E-state index contributed by atoms with van der Waals surface area (Å²) in [6.45, 7) is -0.272. The van der Waals surface area contributed by atoms with E-state index >= 15 is 0 Å². The molecule has 2 N–H and O–H groups in total. The van der Waals surface area contributed by atoms with Crippen molar-refractivity contribution in [2.24, 2.45) is 0 Å². The maximum atomic E-state index is 10.5. The second kappa shape index (κ2) is 17.2. The summed E-state index contributed by atoms with van der Waals surface area (Å²) in [6.07, 6.45) is -1.63. The third-order valence-corrected chi connectivity index (χ3v) is 2.22. The molecular weight excluding hydrogens is 378 g/mol. The Morgan fingerprint density at radius 2 is 0.957 bits per heavy atom. The first-order valence-corrected chi connectivity index (χ1v) is 5.52. The Morgan fingerprint density at radius 1 is 0.696 bits per heavy atom. The molecular formula is C10H12FeN2Na2O8+. The van der Waals surface area contributed by atoms with Crippen LogP contribution < -0.4 is 90.2 Å². The van der Waals surface area contributed by atoms with Gasteiger partial charge in [-0.05, 0) is 0 Å². The predicted octanol–water partition coefficient (Wildman–Crippen LogP) is -13.3. The molecule has 0 aromatic heterocycles. The smallest absolute Gasteiger partial charge is 0.550 e. The average Bonchev–Trinajstić information content (AvgIpc) is 2.29. The van der Waals surface area contributed by atoms with Crippen LogP contribution in [0.1, 0.15) is 12.8 Å². The van der Waals surface area contributed by atoms with Crippen LogP contribution in [0.3, 0.4) is 0 Å². The molecule has 0 unspecified atom stereocenters. The average molecular weight is 390 g/mol. The van der Waals surface area contributed by atoms with Gasteiger partial charge in [-0.3, -0.25) is 0 Å². The van der Waals surface area contributed by atoms with Gasteiger partial charge in [0.05, 0.1) is 24.0 Å². The van der Waals surface area contributed by atoms with Crippen LogP contribution in [0.25, 0.3) is 0 Å². The predicted molar refractivity (Wildman–Crippen MR) is 52.8 cm³/mol. The van der Waals surface area contributed by atoms with Crippen LogP contribution >= 0.6 is 0 Å². The number of aliphatic carboxylic acids is 4. The molecule has 0 rings (SSSR count). The van der Waals surface area contributed by atoms with Gasteiger partial charge in [-0.2, -0.15) is 0 Å². The standard InChI is InChI=1S/C10H16N2O8.Fe.2Na/c13-7(14)3-5(9(17)18)11-1-2-12-6(10(19)20)4-8(15)16;;;/h5-6,11-12H,1-4H2,(H,13,14)(H,15,16)(H,17,18)(H,19,20);;;/q;+3;2*+1/p-4/t5-,6-;;;/m0.../s1. The minimum Gasteiger partial charge on any atom is -0.550 e. The van der Waals surface area contributed by atoms with E-state index in [0.29, 0.717) is 0 Å². The fraction of sp³-hybridized carbons (Fsp3) is 0.600. The van der Waals surface area contributed by atoms with E-state index in [9.17, 15) is 39.6 Å². The van der Waals surface area contributed by atoms with Crippen molar-refractivity contribution in [1.29, 1.82) is 0 Å². The van der Waals surface area contributed by atoms with Gasteiger partial charge in [0.15, 0.2) is 0 Å². The first kappa shape index (κ1) is 31.1. The molecule has 0 saturated carbocycles. The Morgan fingerprint density at radius 3 is 1.13 bits per heavy atom. The van der Waals surface area contributed by atoms with Crippen molar-refractivity contribution in [3.8, 4) is 0 Å². The second-order valence-electron chi connectivity index (χ2n) is 3.80. The molecule has 0 aliphatic rings. The van der Waals surface area contributed by atoms with Gasteiger partial charge in [0.25, 0.3) is 0 Å². The number of hydrogen-bond donors (Lipinski definition) is 2. The normalized spacial score (nSPS) is 11.7. The quantitative estimate of drug-likeness (QED) is 0.254. The molecule has 0 amide bonds. The number of carboxylic acids is 4. The van der Waals surface area contributed by atoms with E-state index in [4.69, 9.17) is 0 Å². The Kier molecular flexibility index (Phi) is 23.2. The molecule has 2 atom stereocenters. The Labute approximate surface area is 186 Å². The zero-order valence-corrected chi connectivity index (χ0v) is 17.7. The summed E-state index contributed by atoms with van der Waals surface area (Å²) in [5.41, 5.74) is 0. The molecule has 0 heterocycles. The van der Waals surface area contributed by atoms with Gasteiger partial charge in [-0.15, -0.1) is 0 Å². The Hall–Kier alpha value is 0.319. The minimum atomic E-state index is -1.65. The third-order valence-electron chi connectivity index (χ3n) is 2.22. The van der Waals surface area contributed by atoms with Crippen molar-refractivity contribution in [2.75, 3.05) is 13.1 Å². The summed E-state index contributed by atoms with van der Waals surface area (Å²) in [7, 11) is 0. The van der Waals surface area contributed by atoms with E-state index in [-0.39, 0.29) is 89.3 Å². The zero-order chi connectivity index (χ0) is 15.7. The topological polar surface area (TPSA) is 185 Å². The Balaban J connectivity index is -0.000000602. The largest absolute Gasteiger partial charge is 3.00 e. The Bertz CT molecular complexity index is 363. The molecule has 1 radical (unpaired) electrons. The fourth-order valence-electron chi connectivity index (χ4n) is 1.30. The minimum absolute atomic E-state index is 0. The molecule has 23 heavy (non-hydrogen) atoms. The molecule has 0 aromatic carbocycles. The fourth-order valence-corrected chi connectivity index (χ4v) is 1.30. The molecule has 0 aliphatic heterocycles. The summed E-state index contributed by atoms with van der Waals surface area (Å²) in [5, 5.41) is 46.1. The van der Waals surface area contributed by atoms with Gasteiger partial charge < -0.3 is 50.2 Å². The molecule has 0 aromatic rings. The number of rotatable bonds is 11. The summed E-state index contributed by atoms with van der Waals surface area (Å²) in [4.78, 5) is 41.6. The van der Waals surface area contributed by atoms with Gasteiger partial charge in [0.1, 0.15) is 0 Å². The maximum absolute atomic E-state index is 10.5. The molecule has 0 fully saturated rings. The number of nitrogens with one attached hydrogen (secondary N) is 2. The van der Waals surface area contributed by atoms with Crippen LogP contribution in [-0.4, -0.2) is 49.1 Å². The van der Waals surface area contributed by atoms with Crippen LogP contribution in [-0.2, 0) is 36.2 Å². The summed E-state index contributed by atoms with van der Waals surface area (Å²) in [6, 6.07) is -2.99. The van der Waals surface area contributed by atoms with Gasteiger partial charge in [-0.25, -0.2) is 0 Å². The van der Waals surface area contributed by atoms with Crippen molar-refractivity contribution in [1.82, 2.24) is 10.6 Å². The monoisotopic (exact) mass is 390 g/mol. The number of carboxylic acid groups (broad SMARTS) is 4. The van der Waals surface area contributed by atoms with Crippen molar-refractivity contribution in [3.63, 3.8) is 0 Å². The number of carbonyl (C=O) groups excluding carboxylic acids is 4. The molecule has 0 aliphatic carbocycles. The SMILES string of the molecule is O=C([O-])C[C@H](NCCN[C@@H](CC(=O)[O-])C(=O)[O-])C(=O)[O-].[Fe+3].[Na+].[Na+]. The molecule has 10 nitrogen and oxygen atoms in total. The summed E-state index contributed by atoms with van der Waals surface area (Å²) in [5.74, 6) is -6.49. The van der Waals surface area contributed by atoms with Crippen LogP contribution in [0.4, 0.5) is 0 Å². The van der Waals surface area contributed by atoms with Gasteiger partial charge >= 0.3 is 76.2 Å². The van der Waals surface area contributed by atoms with E-state index < -0.39 is 48.8 Å². The van der Waals surface area contributed by atoms with E-state index in [1.807, 2.05) is 0 Å². The summed E-state index contributed by atoms with van der Waals surface area (Å²) < 4.78 is 0. The van der Waals surface area contributed by atoms with E-state index in [1.165, 1.54) is 0 Å². The first-order valence-electron chi connectivity index (χ1n) is 5.52. The zero-order valence-electron chi connectivity index (χ0n) is 12.6. The van der Waals surface area contributed by atoms with E-state index in [0.717, 1.165) is 0 Å². The maximum Gasteiger partial charge on any atom is 3.00 e. The number of carbonyl (C=O) groups is 4. The van der Waals surface area contributed by atoms with E-state index in [1.54, 1.807) is 0 Å². The molecule has 0 spiro atoms. The molecule has 0 bridgehead atoms. The third kappa shape index (κ3) is 16.9. The van der Waals surface area contributed by atoms with Crippen LogP contribution in [0.2, 0.25) is 0 Å². The molecule has 13 heteroatoms. The van der Waals surface area contributed by atoms with Crippen molar-refractivity contribution < 1.29 is 116 Å². The van der Waals surface area contributed by atoms with Gasteiger partial charge in [-0.1, -0.05) is 0 Å². The van der Waals surface area contributed by atoms with Gasteiger partial charge in [0.2, 0.25) is 0 Å². The van der Waals surface area contributed by atoms with E-state index in [2.05, 4.69) is 10.6 Å². The van der Waals surface area contributed by atoms with Crippen LogP contribution in [0, 0.1) is 0 Å².